The first-order chi connectivity index (χ1) is 15.0. The molecule has 1 aromatic rings. The Labute approximate surface area is 196 Å². The predicted molar refractivity (Wildman–Crippen MR) is 125 cm³/mol. The van der Waals surface area contributed by atoms with E-state index in [1.165, 1.54) is 0 Å². The zero-order valence-corrected chi connectivity index (χ0v) is 22.0. The van der Waals surface area contributed by atoms with Crippen molar-refractivity contribution in [2.75, 3.05) is 52.9 Å². The first-order valence-electron chi connectivity index (χ1n) is 11.2. The summed E-state index contributed by atoms with van der Waals surface area (Å²) in [6.45, 7) is 16.4. The van der Waals surface area contributed by atoms with Crippen LogP contribution < -0.4 is 4.57 Å². The molecule has 0 N–H and O–H groups in total. The van der Waals surface area contributed by atoms with Crippen LogP contribution >= 0.6 is 0 Å². The van der Waals surface area contributed by atoms with E-state index >= 15 is 0 Å². The predicted octanol–water partition coefficient (Wildman–Crippen LogP) is 2.54. The fraction of sp³-hybridized carbons (Fsp3) is 0.850. The van der Waals surface area contributed by atoms with Gasteiger partial charge in [0.05, 0.1) is 13.2 Å². The maximum absolute atomic E-state index is 5.94. The molecule has 1 heterocycles. The van der Waals surface area contributed by atoms with Crippen molar-refractivity contribution in [1.29, 1.82) is 0 Å². The smallest absolute Gasteiger partial charge is 0.351 e. The van der Waals surface area contributed by atoms with Crippen molar-refractivity contribution >= 4 is 18.1 Å². The normalized spacial score (nSPS) is 12.2. The van der Waals surface area contributed by atoms with Crippen LogP contribution in [-0.2, 0) is 48.5 Å². The van der Waals surface area contributed by atoms with Gasteiger partial charge in [-0.15, -0.1) is 0 Å². The number of hydrogen-bond acceptors (Lipinski definition) is 8. The van der Waals surface area contributed by atoms with Crippen LogP contribution in [0.4, 0.5) is 0 Å². The molecule has 0 unspecified atom stereocenters. The summed E-state index contributed by atoms with van der Waals surface area (Å²) in [6, 6.07) is 0. The van der Waals surface area contributed by atoms with Gasteiger partial charge in [0.15, 0.2) is 0 Å². The maximum atomic E-state index is 5.94. The molecule has 0 saturated carbocycles. The van der Waals surface area contributed by atoms with Gasteiger partial charge < -0.3 is 35.4 Å². The Kier molecular flexibility index (Phi) is 17.4. The van der Waals surface area contributed by atoms with Crippen LogP contribution in [0.2, 0.25) is 0 Å². The summed E-state index contributed by atoms with van der Waals surface area (Å²) < 4.78 is 50.2. The van der Waals surface area contributed by atoms with Gasteiger partial charge in [-0.1, -0.05) is 7.43 Å². The number of aromatic nitrogens is 2. The van der Waals surface area contributed by atoms with Gasteiger partial charge in [0.25, 0.3) is 0 Å². The van der Waals surface area contributed by atoms with E-state index in [0.29, 0.717) is 65.9 Å². The van der Waals surface area contributed by atoms with Crippen LogP contribution in [0.3, 0.4) is 0 Å². The Morgan fingerprint density at radius 2 is 1.03 bits per heavy atom. The molecule has 190 valence electrons. The van der Waals surface area contributed by atoms with E-state index < -0.39 is 18.1 Å². The monoisotopic (exact) mass is 497 g/mol. The van der Waals surface area contributed by atoms with Crippen LogP contribution in [0.25, 0.3) is 0 Å². The highest BCUT2D eigenvalue weighted by molar-refractivity contribution is 6.53. The Balaban J connectivity index is 0.00000961. The van der Waals surface area contributed by atoms with Gasteiger partial charge in [0.2, 0.25) is 6.33 Å². The number of imidazole rings is 1. The molecule has 0 amide bonds. The molecule has 1 rings (SSSR count). The van der Waals surface area contributed by atoms with Gasteiger partial charge in [-0.2, -0.15) is 0 Å². The zero-order chi connectivity index (χ0) is 23.0. The average molecular weight is 498 g/mol. The average Bonchev–Trinajstić information content (AvgIpc) is 3.17. The van der Waals surface area contributed by atoms with Crippen molar-refractivity contribution in [2.45, 2.75) is 62.1 Å². The lowest BCUT2D eigenvalue weighted by molar-refractivity contribution is -0.697. The largest absolute Gasteiger partial charge is 0.679 e. The number of rotatable bonds is 20. The molecule has 0 aliphatic rings. The minimum absolute atomic E-state index is 0. The van der Waals surface area contributed by atoms with Gasteiger partial charge in [-0.25, -0.2) is 9.13 Å². The third-order valence-corrected chi connectivity index (χ3v) is 8.90. The molecule has 0 atom stereocenters. The quantitative estimate of drug-likeness (QED) is 0.201. The van der Waals surface area contributed by atoms with Crippen molar-refractivity contribution < 1.29 is 40.0 Å². The van der Waals surface area contributed by atoms with Crippen LogP contribution in [0, 0.1) is 0 Å². The molecule has 1 aromatic heterocycles. The summed E-state index contributed by atoms with van der Waals surface area (Å²) in [5.74, 6) is 0. The topological polar surface area (TPSA) is 82.7 Å². The van der Waals surface area contributed by atoms with E-state index in [0.717, 1.165) is 0 Å². The van der Waals surface area contributed by atoms with Gasteiger partial charge in [-0.05, 0) is 41.5 Å². The summed E-state index contributed by atoms with van der Waals surface area (Å²) in [4.78, 5) is 0. The summed E-state index contributed by atoms with van der Waals surface area (Å²) in [5, 5.41) is 0. The van der Waals surface area contributed by atoms with Crippen LogP contribution in [0.15, 0.2) is 18.7 Å². The van der Waals surface area contributed by atoms with E-state index in [9.17, 15) is 0 Å². The van der Waals surface area contributed by atoms with Crippen molar-refractivity contribution in [1.82, 2.24) is 4.57 Å². The van der Waals surface area contributed by atoms with Crippen molar-refractivity contribution in [2.24, 2.45) is 0 Å². The highest BCUT2D eigenvalue weighted by atomic mass is 28.4. The van der Waals surface area contributed by atoms with Crippen LogP contribution in [0.1, 0.15) is 49.0 Å². The second-order valence-electron chi connectivity index (χ2n) is 6.18. The SMILES string of the molecule is C.CCO[Si](OCC)(OCC)OCCn1cc[n+](CCO[Si](OCC)(OCC)OCC)c1. The first-order valence-corrected chi connectivity index (χ1v) is 14.4. The highest BCUT2D eigenvalue weighted by Gasteiger charge is 2.45. The summed E-state index contributed by atoms with van der Waals surface area (Å²) in [5.41, 5.74) is 0. The lowest BCUT2D eigenvalue weighted by atomic mass is 10.7. The Bertz CT molecular complexity index is 499. The molecule has 0 bridgehead atoms. The second-order valence-corrected chi connectivity index (χ2v) is 10.5. The molecule has 0 aliphatic carbocycles. The van der Waals surface area contributed by atoms with Crippen LogP contribution in [-0.4, -0.2) is 75.5 Å². The molecule has 0 fully saturated rings. The molecule has 10 nitrogen and oxygen atoms in total. The molecule has 0 saturated heterocycles. The lowest BCUT2D eigenvalue weighted by Crippen LogP contribution is -2.51. The van der Waals surface area contributed by atoms with Gasteiger partial charge >= 0.3 is 18.1 Å². The first kappa shape index (κ1) is 31.3. The summed E-state index contributed by atoms with van der Waals surface area (Å²) in [7, 11) is -6.17. The molecule has 0 radical (unpaired) electrons. The van der Waals surface area contributed by atoms with Gasteiger partial charge in [0, 0.05) is 39.6 Å². The number of hydrogen-bond donors (Lipinski definition) is 0. The fourth-order valence-electron chi connectivity index (χ4n) is 2.82. The minimum atomic E-state index is -3.09. The summed E-state index contributed by atoms with van der Waals surface area (Å²) >= 11 is 0. The molecule has 0 aromatic carbocycles. The standard InChI is InChI=1S/C19H41N2O8Si2.CH4/c1-7-22-30(23-8-2,24-9-3)28-17-15-20-13-14-21(19-20)16-18-29-31(25-10-4,26-11-5)27-12-6;/h13-14,19H,7-12,15-18H2,1-6H3;1H4/q+1;. The minimum Gasteiger partial charge on any atom is -0.351 e. The van der Waals surface area contributed by atoms with Crippen molar-refractivity contribution in [3.63, 3.8) is 0 Å². The molecule has 32 heavy (non-hydrogen) atoms. The van der Waals surface area contributed by atoms with E-state index in [1.54, 1.807) is 0 Å². The molecule has 0 aliphatic heterocycles. The van der Waals surface area contributed by atoms with E-state index in [-0.39, 0.29) is 7.43 Å². The Morgan fingerprint density at radius 3 is 1.44 bits per heavy atom. The zero-order valence-electron chi connectivity index (χ0n) is 20.0. The number of nitrogens with zero attached hydrogens (tertiary/aromatic N) is 2. The van der Waals surface area contributed by atoms with Crippen LogP contribution in [0.5, 0.6) is 0 Å². The fourth-order valence-corrected chi connectivity index (χ4v) is 6.62. The Morgan fingerprint density at radius 1 is 0.625 bits per heavy atom. The maximum Gasteiger partial charge on any atom is 0.679 e. The lowest BCUT2D eigenvalue weighted by Gasteiger charge is -2.26. The molecule has 0 spiro atoms. The molecule has 12 heteroatoms. The highest BCUT2D eigenvalue weighted by Crippen LogP contribution is 2.13. The van der Waals surface area contributed by atoms with Gasteiger partial charge in [-0.3, -0.25) is 0 Å². The third-order valence-electron chi connectivity index (χ3n) is 3.93. The van der Waals surface area contributed by atoms with Crippen molar-refractivity contribution in [3.8, 4) is 0 Å². The van der Waals surface area contributed by atoms with Gasteiger partial charge in [0.1, 0.15) is 25.5 Å². The summed E-state index contributed by atoms with van der Waals surface area (Å²) in [6.07, 6.45) is 5.95. The Hall–Kier alpha value is -0.676. The van der Waals surface area contributed by atoms with E-state index in [4.69, 9.17) is 35.4 Å². The third kappa shape index (κ3) is 11.0. The van der Waals surface area contributed by atoms with Crippen molar-refractivity contribution in [3.05, 3.63) is 18.7 Å². The second kappa shape index (κ2) is 17.8. The van der Waals surface area contributed by atoms with E-state index in [1.807, 2.05) is 69.4 Å². The van der Waals surface area contributed by atoms with E-state index in [2.05, 4.69) is 0 Å². The molecular weight excluding hydrogens is 452 g/mol. The molecular formula is C20H45N2O8Si2+.